The van der Waals surface area contributed by atoms with Crippen molar-refractivity contribution in [2.24, 2.45) is 5.73 Å². The van der Waals surface area contributed by atoms with Crippen molar-refractivity contribution in [3.05, 3.63) is 28.7 Å². The van der Waals surface area contributed by atoms with E-state index in [0.717, 1.165) is 5.56 Å². The molecule has 5 heteroatoms. The SMILES string of the molecule is CC(=O)C(N)Cc1ccc(O)c([N+](C)=O)c1. The van der Waals surface area contributed by atoms with E-state index in [2.05, 4.69) is 0 Å². The van der Waals surface area contributed by atoms with Crippen LogP contribution >= 0.6 is 0 Å². The van der Waals surface area contributed by atoms with Gasteiger partial charge >= 0.3 is 0 Å². The summed E-state index contributed by atoms with van der Waals surface area (Å²) in [5.74, 6) is -0.192. The summed E-state index contributed by atoms with van der Waals surface area (Å²) in [6.45, 7) is 1.42. The number of nitrogens with zero attached hydrogens (tertiary/aromatic N) is 1. The van der Waals surface area contributed by atoms with Gasteiger partial charge in [-0.3, -0.25) is 4.79 Å². The largest absolute Gasteiger partial charge is 0.502 e. The fraction of sp³-hybridized carbons (Fsp3) is 0.364. The molecule has 0 saturated heterocycles. The van der Waals surface area contributed by atoms with Crippen molar-refractivity contribution in [1.82, 2.24) is 0 Å². The number of carbonyl (C=O) groups excluding carboxylic acids is 1. The van der Waals surface area contributed by atoms with E-state index in [1.807, 2.05) is 0 Å². The van der Waals surface area contributed by atoms with Gasteiger partial charge in [0.1, 0.15) is 5.78 Å². The lowest BCUT2D eigenvalue weighted by Crippen LogP contribution is -2.30. The molecule has 0 aromatic heterocycles. The summed E-state index contributed by atoms with van der Waals surface area (Å²) in [4.78, 5) is 22.1. The van der Waals surface area contributed by atoms with Crippen molar-refractivity contribution >= 4 is 11.5 Å². The van der Waals surface area contributed by atoms with E-state index in [-0.39, 0.29) is 17.2 Å². The molecule has 1 aromatic rings. The van der Waals surface area contributed by atoms with Gasteiger partial charge in [0, 0.05) is 15.7 Å². The van der Waals surface area contributed by atoms with E-state index in [4.69, 9.17) is 5.73 Å². The molecule has 0 radical (unpaired) electrons. The lowest BCUT2D eigenvalue weighted by molar-refractivity contribution is -0.429. The minimum atomic E-state index is -0.575. The first-order chi connectivity index (χ1) is 7.41. The number of carbonyl (C=O) groups is 1. The summed E-state index contributed by atoms with van der Waals surface area (Å²) in [5.41, 5.74) is 6.53. The fourth-order valence-corrected chi connectivity index (χ4v) is 1.35. The van der Waals surface area contributed by atoms with Crippen LogP contribution in [0.1, 0.15) is 12.5 Å². The number of hydrogen-bond donors (Lipinski definition) is 2. The highest BCUT2D eigenvalue weighted by Gasteiger charge is 2.16. The lowest BCUT2D eigenvalue weighted by Gasteiger charge is -2.07. The summed E-state index contributed by atoms with van der Waals surface area (Å²) >= 11 is 0. The number of ketones is 1. The van der Waals surface area contributed by atoms with Gasteiger partial charge < -0.3 is 10.8 Å². The molecule has 1 rings (SSSR count). The van der Waals surface area contributed by atoms with E-state index in [1.165, 1.54) is 26.1 Å². The molecule has 0 aliphatic rings. The van der Waals surface area contributed by atoms with Gasteiger partial charge in [0.25, 0.3) is 5.69 Å². The van der Waals surface area contributed by atoms with Crippen molar-refractivity contribution in [3.8, 4) is 5.75 Å². The third-order valence-electron chi connectivity index (χ3n) is 2.36. The fourth-order valence-electron chi connectivity index (χ4n) is 1.35. The molecular formula is C11H15N2O3+. The van der Waals surface area contributed by atoms with Gasteiger partial charge in [-0.1, -0.05) is 6.07 Å². The first kappa shape index (κ1) is 12.3. The number of phenolic OH excluding ortho intramolecular Hbond substituents is 1. The van der Waals surface area contributed by atoms with Crippen LogP contribution in [0.5, 0.6) is 5.75 Å². The highest BCUT2D eigenvalue weighted by molar-refractivity contribution is 5.81. The zero-order valence-corrected chi connectivity index (χ0v) is 9.30. The second-order valence-corrected chi connectivity index (χ2v) is 3.74. The van der Waals surface area contributed by atoms with Crippen LogP contribution in [0.3, 0.4) is 0 Å². The molecule has 5 nitrogen and oxygen atoms in total. The Kier molecular flexibility index (Phi) is 3.73. The molecule has 1 atom stereocenters. The van der Waals surface area contributed by atoms with Crippen LogP contribution in [0.15, 0.2) is 18.2 Å². The van der Waals surface area contributed by atoms with Crippen LogP contribution < -0.4 is 5.73 Å². The minimum absolute atomic E-state index is 0.0855. The molecule has 0 aliphatic heterocycles. The Hall–Kier alpha value is -1.75. The topological polar surface area (TPSA) is 83.4 Å². The molecule has 0 aliphatic carbocycles. The van der Waals surface area contributed by atoms with Crippen molar-refractivity contribution in [1.29, 1.82) is 0 Å². The van der Waals surface area contributed by atoms with Gasteiger partial charge in [0.15, 0.2) is 12.8 Å². The van der Waals surface area contributed by atoms with Gasteiger partial charge in [0.05, 0.1) is 6.04 Å². The molecule has 0 saturated carbocycles. The second kappa shape index (κ2) is 4.85. The predicted octanol–water partition coefficient (Wildman–Crippen LogP) is 0.891. The van der Waals surface area contributed by atoms with Crippen LogP contribution in [0.4, 0.5) is 5.69 Å². The molecule has 1 aromatic carbocycles. The Morgan fingerprint density at radius 2 is 2.19 bits per heavy atom. The highest BCUT2D eigenvalue weighted by atomic mass is 16.3. The normalized spacial score (nSPS) is 12.2. The molecule has 0 amide bonds. The molecule has 3 N–H and O–H groups in total. The Morgan fingerprint density at radius 3 is 2.69 bits per heavy atom. The van der Waals surface area contributed by atoms with Gasteiger partial charge in [-0.05, 0) is 25.0 Å². The zero-order valence-electron chi connectivity index (χ0n) is 9.30. The monoisotopic (exact) mass is 223 g/mol. The molecule has 1 unspecified atom stereocenters. The molecule has 0 bridgehead atoms. The van der Waals surface area contributed by atoms with Crippen molar-refractivity contribution in [2.75, 3.05) is 7.05 Å². The van der Waals surface area contributed by atoms with Crippen LogP contribution in [0.2, 0.25) is 0 Å². The van der Waals surface area contributed by atoms with E-state index >= 15 is 0 Å². The Bertz CT molecular complexity index is 429. The number of phenols is 1. The van der Waals surface area contributed by atoms with Gasteiger partial charge in [0.2, 0.25) is 0 Å². The van der Waals surface area contributed by atoms with Crippen molar-refractivity contribution in [2.45, 2.75) is 19.4 Å². The first-order valence-electron chi connectivity index (χ1n) is 4.90. The third-order valence-corrected chi connectivity index (χ3v) is 2.36. The molecule has 16 heavy (non-hydrogen) atoms. The Balaban J connectivity index is 2.95. The van der Waals surface area contributed by atoms with Crippen molar-refractivity contribution < 1.29 is 14.7 Å². The zero-order chi connectivity index (χ0) is 12.3. The average Bonchev–Trinajstić information content (AvgIpc) is 2.20. The summed E-state index contributed by atoms with van der Waals surface area (Å²) in [6.07, 6.45) is 0.358. The average molecular weight is 223 g/mol. The molecule has 0 heterocycles. The van der Waals surface area contributed by atoms with Crippen molar-refractivity contribution in [3.63, 3.8) is 0 Å². The number of rotatable bonds is 4. The standard InChI is InChI=1S/C11H14N2O3/c1-7(14)9(12)5-8-3-4-11(15)10(6-8)13(2)16/h3-4,6,9H,5,12H2,1-2H3/p+1. The summed E-state index contributed by atoms with van der Waals surface area (Å²) < 4.78 is 0.568. The number of aromatic hydroxyl groups is 1. The Morgan fingerprint density at radius 1 is 1.56 bits per heavy atom. The van der Waals surface area contributed by atoms with Gasteiger partial charge in [-0.25, -0.2) is 0 Å². The maximum absolute atomic E-state index is 11.1. The summed E-state index contributed by atoms with van der Waals surface area (Å²) in [6, 6.07) is 4.02. The second-order valence-electron chi connectivity index (χ2n) is 3.74. The van der Waals surface area contributed by atoms with Gasteiger partial charge in [-0.2, -0.15) is 0 Å². The van der Waals surface area contributed by atoms with E-state index in [9.17, 15) is 14.8 Å². The smallest absolute Gasteiger partial charge is 0.297 e. The molecule has 86 valence electrons. The van der Waals surface area contributed by atoms with Crippen LogP contribution in [-0.2, 0) is 11.2 Å². The Labute approximate surface area is 93.5 Å². The highest BCUT2D eigenvalue weighted by Crippen LogP contribution is 2.26. The van der Waals surface area contributed by atoms with E-state index in [1.54, 1.807) is 6.07 Å². The minimum Gasteiger partial charge on any atom is -0.502 e. The number of nitrogens with two attached hydrogens (primary N) is 1. The third kappa shape index (κ3) is 2.87. The van der Waals surface area contributed by atoms with E-state index < -0.39 is 6.04 Å². The molecule has 0 spiro atoms. The summed E-state index contributed by atoms with van der Waals surface area (Å²) in [5, 5.41) is 9.41. The molecular weight excluding hydrogens is 208 g/mol. The van der Waals surface area contributed by atoms with Crippen LogP contribution in [0.25, 0.3) is 0 Å². The number of Topliss-reactive ketones (excluding diaryl/α,β-unsaturated/α-hetero) is 1. The first-order valence-corrected chi connectivity index (χ1v) is 4.90. The number of hydrogen-bond acceptors (Lipinski definition) is 4. The van der Waals surface area contributed by atoms with Crippen LogP contribution in [0, 0.1) is 4.91 Å². The maximum atomic E-state index is 11.1. The quantitative estimate of drug-likeness (QED) is 0.742. The number of benzene rings is 1. The van der Waals surface area contributed by atoms with E-state index in [0.29, 0.717) is 11.2 Å². The summed E-state index contributed by atoms with van der Waals surface area (Å²) in [7, 11) is 1.30. The number of nitroso groups, excluding NO2 is 1. The molecule has 0 fully saturated rings. The van der Waals surface area contributed by atoms with Gasteiger partial charge in [-0.15, -0.1) is 0 Å². The van der Waals surface area contributed by atoms with Crippen LogP contribution in [-0.4, -0.2) is 28.7 Å². The lowest BCUT2D eigenvalue weighted by atomic mass is 10.0. The predicted molar refractivity (Wildman–Crippen MR) is 59.7 cm³/mol. The maximum Gasteiger partial charge on any atom is 0.297 e.